The Morgan fingerprint density at radius 1 is 1.15 bits per heavy atom. The van der Waals surface area contributed by atoms with E-state index in [0.29, 0.717) is 6.54 Å². The predicted octanol–water partition coefficient (Wildman–Crippen LogP) is 2.10. The highest BCUT2D eigenvalue weighted by molar-refractivity contribution is 5.78. The summed E-state index contributed by atoms with van der Waals surface area (Å²) in [6.07, 6.45) is 5.75. The van der Waals surface area contributed by atoms with E-state index in [2.05, 4.69) is 70.1 Å². The highest BCUT2D eigenvalue weighted by Crippen LogP contribution is 2.45. The SMILES string of the molecule is CN(C)[C@]1(c2ccccc2)CC[C@@]2(CC1)CN(Cc1c[nH]nn1)C(=O)N2. The molecule has 2 amide bonds. The van der Waals surface area contributed by atoms with Gasteiger partial charge < -0.3 is 10.2 Å². The van der Waals surface area contributed by atoms with Crippen LogP contribution in [0.3, 0.4) is 0 Å². The van der Waals surface area contributed by atoms with E-state index < -0.39 is 0 Å². The number of aromatic nitrogens is 3. The maximum atomic E-state index is 12.5. The summed E-state index contributed by atoms with van der Waals surface area (Å²) in [4.78, 5) is 16.7. The summed E-state index contributed by atoms with van der Waals surface area (Å²) >= 11 is 0. The molecule has 7 heteroatoms. The zero-order valence-electron chi connectivity index (χ0n) is 15.4. The molecule has 1 saturated carbocycles. The van der Waals surface area contributed by atoms with E-state index in [0.717, 1.165) is 37.9 Å². The van der Waals surface area contributed by atoms with Crippen LogP contribution in [0, 0.1) is 0 Å². The van der Waals surface area contributed by atoms with Gasteiger partial charge in [-0.05, 0) is 45.3 Å². The number of carbonyl (C=O) groups excluding carboxylic acids is 1. The third-order valence-electron chi connectivity index (χ3n) is 6.17. The van der Waals surface area contributed by atoms with E-state index in [9.17, 15) is 4.79 Å². The molecule has 1 aliphatic carbocycles. The first-order valence-electron chi connectivity index (χ1n) is 9.18. The molecule has 0 bridgehead atoms. The van der Waals surface area contributed by atoms with Gasteiger partial charge in [0.25, 0.3) is 0 Å². The van der Waals surface area contributed by atoms with Crippen molar-refractivity contribution in [1.29, 1.82) is 0 Å². The normalized spacial score (nSPS) is 28.7. The van der Waals surface area contributed by atoms with Crippen molar-refractivity contribution in [3.8, 4) is 0 Å². The van der Waals surface area contributed by atoms with Crippen LogP contribution in [0.4, 0.5) is 4.79 Å². The number of nitrogens with one attached hydrogen (secondary N) is 2. The van der Waals surface area contributed by atoms with Gasteiger partial charge in [0.15, 0.2) is 0 Å². The molecule has 7 nitrogen and oxygen atoms in total. The highest BCUT2D eigenvalue weighted by atomic mass is 16.2. The Balaban J connectivity index is 1.49. The Kier molecular flexibility index (Phi) is 4.19. The number of hydrogen-bond donors (Lipinski definition) is 2. The molecule has 0 atom stereocenters. The lowest BCUT2D eigenvalue weighted by Crippen LogP contribution is -2.54. The van der Waals surface area contributed by atoms with Crippen LogP contribution in [0.2, 0.25) is 0 Å². The number of nitrogens with zero attached hydrogens (tertiary/aromatic N) is 4. The number of rotatable bonds is 4. The van der Waals surface area contributed by atoms with Gasteiger partial charge in [-0.25, -0.2) is 4.79 Å². The summed E-state index contributed by atoms with van der Waals surface area (Å²) in [6.45, 7) is 1.23. The third-order valence-corrected chi connectivity index (χ3v) is 6.17. The first-order valence-corrected chi connectivity index (χ1v) is 9.18. The number of hydrogen-bond acceptors (Lipinski definition) is 4. The van der Waals surface area contributed by atoms with Gasteiger partial charge in [0.05, 0.1) is 12.1 Å². The van der Waals surface area contributed by atoms with Crippen molar-refractivity contribution >= 4 is 6.03 Å². The fraction of sp³-hybridized carbons (Fsp3) is 0.526. The fourth-order valence-electron chi connectivity index (χ4n) is 4.58. The number of amides is 2. The molecule has 0 radical (unpaired) electrons. The lowest BCUT2D eigenvalue weighted by Gasteiger charge is -2.48. The van der Waals surface area contributed by atoms with Crippen LogP contribution in [0.1, 0.15) is 36.9 Å². The summed E-state index contributed by atoms with van der Waals surface area (Å²) in [6, 6.07) is 10.7. The highest BCUT2D eigenvalue weighted by Gasteiger charge is 2.49. The maximum Gasteiger partial charge on any atom is 0.318 e. The Morgan fingerprint density at radius 3 is 2.50 bits per heavy atom. The Labute approximate surface area is 153 Å². The van der Waals surface area contributed by atoms with Crippen molar-refractivity contribution in [1.82, 2.24) is 30.5 Å². The van der Waals surface area contributed by atoms with Crippen LogP contribution in [0.5, 0.6) is 0 Å². The van der Waals surface area contributed by atoms with Crippen molar-refractivity contribution in [3.63, 3.8) is 0 Å². The molecular weight excluding hydrogens is 328 g/mol. The van der Waals surface area contributed by atoms with Gasteiger partial charge in [0, 0.05) is 18.3 Å². The molecule has 2 aliphatic rings. The molecule has 1 aliphatic heterocycles. The van der Waals surface area contributed by atoms with Crippen molar-refractivity contribution < 1.29 is 4.79 Å². The minimum absolute atomic E-state index is 0.00469. The summed E-state index contributed by atoms with van der Waals surface area (Å²) in [7, 11) is 4.32. The van der Waals surface area contributed by atoms with E-state index in [1.54, 1.807) is 6.20 Å². The standard InChI is InChI=1S/C19H26N6O/c1-24(2)19(15-6-4-3-5-7-15)10-8-18(9-11-19)14-25(17(26)21-18)13-16-12-20-23-22-16/h3-7,12H,8-11,13-14H2,1-2H3,(H,21,26)(H,20,22,23)/t18-,19-. The molecule has 1 aromatic heterocycles. The van der Waals surface area contributed by atoms with Gasteiger partial charge in [0.2, 0.25) is 0 Å². The quantitative estimate of drug-likeness (QED) is 0.881. The van der Waals surface area contributed by atoms with Crippen LogP contribution in [0.25, 0.3) is 0 Å². The largest absolute Gasteiger partial charge is 0.331 e. The molecular formula is C19H26N6O. The number of carbonyl (C=O) groups is 1. The number of aromatic amines is 1. The Bertz CT molecular complexity index is 750. The Hall–Kier alpha value is -2.41. The lowest BCUT2D eigenvalue weighted by molar-refractivity contribution is 0.0617. The monoisotopic (exact) mass is 354 g/mol. The zero-order valence-corrected chi connectivity index (χ0v) is 15.4. The Morgan fingerprint density at radius 2 is 1.88 bits per heavy atom. The second-order valence-electron chi connectivity index (χ2n) is 7.82. The van der Waals surface area contributed by atoms with Gasteiger partial charge in [-0.15, -0.1) is 5.10 Å². The van der Waals surface area contributed by atoms with E-state index >= 15 is 0 Å². The van der Waals surface area contributed by atoms with Crippen LogP contribution in [0.15, 0.2) is 36.5 Å². The summed E-state index contributed by atoms with van der Waals surface area (Å²) in [5, 5.41) is 13.7. The molecule has 0 unspecified atom stereocenters. The minimum Gasteiger partial charge on any atom is -0.331 e. The molecule has 4 rings (SSSR count). The maximum absolute atomic E-state index is 12.5. The molecule has 26 heavy (non-hydrogen) atoms. The van der Waals surface area contributed by atoms with Gasteiger partial charge in [-0.3, -0.25) is 10.00 Å². The van der Waals surface area contributed by atoms with Crippen LogP contribution in [-0.4, -0.2) is 57.4 Å². The predicted molar refractivity (Wildman–Crippen MR) is 98.3 cm³/mol. The van der Waals surface area contributed by atoms with Crippen molar-refractivity contribution in [2.75, 3.05) is 20.6 Å². The van der Waals surface area contributed by atoms with Crippen LogP contribution in [-0.2, 0) is 12.1 Å². The summed E-state index contributed by atoms with van der Waals surface area (Å²) < 4.78 is 0. The topological polar surface area (TPSA) is 77.2 Å². The van der Waals surface area contributed by atoms with Crippen molar-refractivity contribution in [2.24, 2.45) is 0 Å². The number of H-pyrrole nitrogens is 1. The van der Waals surface area contributed by atoms with Crippen molar-refractivity contribution in [2.45, 2.75) is 43.3 Å². The van der Waals surface area contributed by atoms with Crippen molar-refractivity contribution in [3.05, 3.63) is 47.8 Å². The van der Waals surface area contributed by atoms with E-state index in [4.69, 9.17) is 0 Å². The minimum atomic E-state index is -0.130. The van der Waals surface area contributed by atoms with Gasteiger partial charge >= 0.3 is 6.03 Å². The third kappa shape index (κ3) is 2.86. The number of urea groups is 1. The second-order valence-corrected chi connectivity index (χ2v) is 7.82. The summed E-state index contributed by atoms with van der Waals surface area (Å²) in [5.74, 6) is 0. The molecule has 2 heterocycles. The molecule has 2 fully saturated rings. The average Bonchev–Trinajstić information content (AvgIpc) is 3.25. The average molecular weight is 354 g/mol. The molecule has 2 N–H and O–H groups in total. The zero-order chi connectivity index (χ0) is 18.2. The van der Waals surface area contributed by atoms with Crippen LogP contribution >= 0.6 is 0 Å². The van der Waals surface area contributed by atoms with E-state index in [1.807, 2.05) is 4.90 Å². The molecule has 1 aromatic carbocycles. The van der Waals surface area contributed by atoms with Gasteiger partial charge in [-0.2, -0.15) is 0 Å². The number of benzene rings is 1. The fourth-order valence-corrected chi connectivity index (χ4v) is 4.58. The molecule has 1 spiro atoms. The second kappa shape index (κ2) is 6.39. The lowest BCUT2D eigenvalue weighted by atomic mass is 9.69. The summed E-state index contributed by atoms with van der Waals surface area (Å²) in [5.41, 5.74) is 2.06. The van der Waals surface area contributed by atoms with E-state index in [-0.39, 0.29) is 17.1 Å². The smallest absolute Gasteiger partial charge is 0.318 e. The first kappa shape index (κ1) is 17.0. The van der Waals surface area contributed by atoms with Gasteiger partial charge in [-0.1, -0.05) is 35.5 Å². The molecule has 1 saturated heterocycles. The first-order chi connectivity index (χ1) is 12.5. The molecule has 138 valence electrons. The van der Waals surface area contributed by atoms with Gasteiger partial charge in [0.1, 0.15) is 5.69 Å². The molecule has 2 aromatic rings. The van der Waals surface area contributed by atoms with Crippen LogP contribution < -0.4 is 5.32 Å². The van der Waals surface area contributed by atoms with E-state index in [1.165, 1.54) is 5.56 Å².